The number of anilines is 1. The summed E-state index contributed by atoms with van der Waals surface area (Å²) in [6, 6.07) is 9.59. The van der Waals surface area contributed by atoms with Gasteiger partial charge in [0, 0.05) is 5.71 Å². The summed E-state index contributed by atoms with van der Waals surface area (Å²) in [6.07, 6.45) is 0. The molecule has 5 nitrogen and oxygen atoms in total. The number of hydrazone groups is 1. The topological polar surface area (TPSA) is 76.4 Å². The van der Waals surface area contributed by atoms with Crippen molar-refractivity contribution in [2.24, 2.45) is 10.8 Å². The van der Waals surface area contributed by atoms with E-state index in [1.165, 1.54) is 0 Å². The molecule has 0 aliphatic carbocycles. The van der Waals surface area contributed by atoms with Gasteiger partial charge in [-0.25, -0.2) is 4.99 Å². The van der Waals surface area contributed by atoms with Gasteiger partial charge in [-0.15, -0.1) is 5.10 Å². The van der Waals surface area contributed by atoms with E-state index in [4.69, 9.17) is 18.0 Å². The Morgan fingerprint density at radius 3 is 2.53 bits per heavy atom. The minimum Gasteiger partial charge on any atom is -0.309 e. The van der Waals surface area contributed by atoms with Crippen LogP contribution in [-0.4, -0.2) is 16.8 Å². The van der Waals surface area contributed by atoms with Gasteiger partial charge in [0.05, 0.1) is 5.69 Å². The molecule has 0 radical (unpaired) electrons. The van der Waals surface area contributed by atoms with E-state index in [0.29, 0.717) is 5.11 Å². The second kappa shape index (κ2) is 6.59. The third-order valence-electron chi connectivity index (χ3n) is 1.68. The minimum absolute atomic E-state index is 0.277. The number of hydrogen-bond acceptors (Lipinski definition) is 2. The minimum atomic E-state index is 0.277. The van der Waals surface area contributed by atoms with Gasteiger partial charge in [0.2, 0.25) is 0 Å². The largest absolute Gasteiger partial charge is 0.328 e. The van der Waals surface area contributed by atoms with Gasteiger partial charge in [-0.1, -0.05) is 18.2 Å². The SMILES string of the molecule is CC(C)=NNC(N)=[NH+]C(=S)Nc1ccccc1. The van der Waals surface area contributed by atoms with E-state index < -0.39 is 0 Å². The van der Waals surface area contributed by atoms with Gasteiger partial charge in [-0.3, -0.25) is 5.32 Å². The van der Waals surface area contributed by atoms with Crippen LogP contribution in [0.3, 0.4) is 0 Å². The van der Waals surface area contributed by atoms with E-state index in [0.717, 1.165) is 11.4 Å². The maximum Gasteiger partial charge on any atom is 0.328 e. The highest BCUT2D eigenvalue weighted by molar-refractivity contribution is 7.80. The third-order valence-corrected chi connectivity index (χ3v) is 1.88. The molecular formula is C11H16N5S+. The molecular weight excluding hydrogens is 234 g/mol. The lowest BCUT2D eigenvalue weighted by Gasteiger charge is -2.00. The summed E-state index contributed by atoms with van der Waals surface area (Å²) in [5, 5.41) is 7.34. The molecule has 0 saturated heterocycles. The molecule has 17 heavy (non-hydrogen) atoms. The van der Waals surface area contributed by atoms with Crippen LogP contribution in [0.2, 0.25) is 0 Å². The van der Waals surface area contributed by atoms with Gasteiger partial charge in [0.15, 0.2) is 0 Å². The first kappa shape index (κ1) is 13.1. The van der Waals surface area contributed by atoms with Crippen LogP contribution in [0.4, 0.5) is 5.69 Å². The quantitative estimate of drug-likeness (QED) is 0.253. The zero-order valence-electron chi connectivity index (χ0n) is 9.82. The third kappa shape index (κ3) is 5.62. The van der Waals surface area contributed by atoms with Crippen molar-refractivity contribution in [3.63, 3.8) is 0 Å². The molecule has 0 unspecified atom stereocenters. The van der Waals surface area contributed by atoms with E-state index in [1.54, 1.807) is 0 Å². The monoisotopic (exact) mass is 250 g/mol. The highest BCUT2D eigenvalue weighted by atomic mass is 32.1. The Morgan fingerprint density at radius 1 is 1.29 bits per heavy atom. The lowest BCUT2D eigenvalue weighted by atomic mass is 10.3. The highest BCUT2D eigenvalue weighted by Crippen LogP contribution is 2.03. The molecule has 0 aliphatic rings. The maximum atomic E-state index is 5.64. The number of nitrogens with zero attached hydrogens (tertiary/aromatic N) is 1. The highest BCUT2D eigenvalue weighted by Gasteiger charge is 2.00. The van der Waals surface area contributed by atoms with E-state index in [9.17, 15) is 0 Å². The summed E-state index contributed by atoms with van der Waals surface area (Å²) in [6.45, 7) is 3.72. The Kier molecular flexibility index (Phi) is 5.09. The lowest BCUT2D eigenvalue weighted by molar-refractivity contribution is -0.314. The number of hydrogen-bond donors (Lipinski definition) is 4. The second-order valence-corrected chi connectivity index (χ2v) is 3.94. The molecule has 0 fully saturated rings. The number of guanidine groups is 1. The first-order valence-corrected chi connectivity index (χ1v) is 5.51. The standard InChI is InChI=1S/C11H15N5S/c1-8(2)15-16-10(12)14-11(17)13-9-6-4-3-5-7-9/h3-7H,1-2H3,(H4,12,13,14,16,17)/p+1. The summed E-state index contributed by atoms with van der Waals surface area (Å²) in [5.41, 5.74) is 10.0. The van der Waals surface area contributed by atoms with E-state index >= 15 is 0 Å². The molecule has 1 aromatic rings. The van der Waals surface area contributed by atoms with Crippen LogP contribution in [-0.2, 0) is 0 Å². The fourth-order valence-corrected chi connectivity index (χ4v) is 1.23. The Morgan fingerprint density at radius 2 is 1.94 bits per heavy atom. The normalized spacial score (nSPS) is 10.6. The molecule has 0 bridgehead atoms. The molecule has 0 aliphatic heterocycles. The van der Waals surface area contributed by atoms with E-state index in [-0.39, 0.29) is 5.96 Å². The first-order chi connectivity index (χ1) is 8.08. The fourth-order valence-electron chi connectivity index (χ4n) is 1.01. The summed E-state index contributed by atoms with van der Waals surface area (Å²) in [7, 11) is 0. The average Bonchev–Trinajstić information content (AvgIpc) is 2.27. The molecule has 90 valence electrons. The van der Waals surface area contributed by atoms with Crippen LogP contribution in [0.15, 0.2) is 35.4 Å². The molecule has 1 rings (SSSR count). The van der Waals surface area contributed by atoms with E-state index in [1.807, 2.05) is 44.2 Å². The number of nitrogens with two attached hydrogens (primary N) is 1. The summed E-state index contributed by atoms with van der Waals surface area (Å²) >= 11 is 5.08. The van der Waals surface area contributed by atoms with Crippen LogP contribution in [0, 0.1) is 0 Å². The van der Waals surface area contributed by atoms with Crippen molar-refractivity contribution >= 4 is 34.7 Å². The second-order valence-electron chi connectivity index (χ2n) is 3.53. The zero-order chi connectivity index (χ0) is 12.7. The van der Waals surface area contributed by atoms with Gasteiger partial charge in [-0.2, -0.15) is 5.43 Å². The molecule has 0 atom stereocenters. The fraction of sp³-hybridized carbons (Fsp3) is 0.182. The molecule has 6 heteroatoms. The predicted octanol–water partition coefficient (Wildman–Crippen LogP) is -0.236. The number of nitrogens with one attached hydrogen (secondary N) is 3. The molecule has 0 saturated carbocycles. The number of thiocarbonyl (C=S) groups is 1. The van der Waals surface area contributed by atoms with Crippen molar-refractivity contribution in [1.29, 1.82) is 0 Å². The van der Waals surface area contributed by atoms with Crippen LogP contribution in [0.25, 0.3) is 0 Å². The summed E-state index contributed by atoms with van der Waals surface area (Å²) in [4.78, 5) is 2.78. The van der Waals surface area contributed by atoms with E-state index in [2.05, 4.69) is 20.8 Å². The van der Waals surface area contributed by atoms with Gasteiger partial charge < -0.3 is 5.73 Å². The van der Waals surface area contributed by atoms with Crippen LogP contribution in [0.5, 0.6) is 0 Å². The molecule has 0 amide bonds. The Balaban J connectivity index is 2.54. The van der Waals surface area contributed by atoms with Crippen molar-refractivity contribution in [2.45, 2.75) is 13.8 Å². The first-order valence-electron chi connectivity index (χ1n) is 5.10. The van der Waals surface area contributed by atoms with Gasteiger partial charge in [0.1, 0.15) is 0 Å². The molecule has 1 aromatic carbocycles. The van der Waals surface area contributed by atoms with Crippen molar-refractivity contribution in [2.75, 3.05) is 5.32 Å². The Bertz CT molecular complexity index is 434. The Hall–Kier alpha value is -1.95. The number of para-hydroxylation sites is 1. The maximum absolute atomic E-state index is 5.64. The number of rotatable bonds is 2. The van der Waals surface area contributed by atoms with Crippen LogP contribution < -0.4 is 21.5 Å². The summed E-state index contributed by atoms with van der Waals surface area (Å²) < 4.78 is 0. The summed E-state index contributed by atoms with van der Waals surface area (Å²) in [5.74, 6) is 0.277. The Labute approximate surface area is 106 Å². The van der Waals surface area contributed by atoms with Crippen molar-refractivity contribution in [1.82, 2.24) is 5.43 Å². The van der Waals surface area contributed by atoms with Crippen LogP contribution >= 0.6 is 12.2 Å². The lowest BCUT2D eigenvalue weighted by Crippen LogP contribution is -2.83. The molecule has 5 N–H and O–H groups in total. The molecule has 0 aromatic heterocycles. The van der Waals surface area contributed by atoms with Gasteiger partial charge in [0.25, 0.3) is 5.11 Å². The van der Waals surface area contributed by atoms with Gasteiger partial charge in [-0.05, 0) is 38.2 Å². The smallest absolute Gasteiger partial charge is 0.309 e. The molecule has 0 heterocycles. The molecule has 0 spiro atoms. The van der Waals surface area contributed by atoms with Crippen LogP contribution in [0.1, 0.15) is 13.8 Å². The van der Waals surface area contributed by atoms with Gasteiger partial charge >= 0.3 is 5.96 Å². The predicted molar refractivity (Wildman–Crippen MR) is 74.7 cm³/mol. The number of benzene rings is 1. The van der Waals surface area contributed by atoms with Crippen molar-refractivity contribution in [3.05, 3.63) is 30.3 Å². The zero-order valence-corrected chi connectivity index (χ0v) is 10.6. The average molecular weight is 250 g/mol. The van der Waals surface area contributed by atoms with Crippen molar-refractivity contribution in [3.8, 4) is 0 Å². The van der Waals surface area contributed by atoms with Crippen molar-refractivity contribution < 1.29 is 4.99 Å².